The Bertz CT molecular complexity index is 493. The van der Waals surface area contributed by atoms with Gasteiger partial charge in [0.25, 0.3) is 0 Å². The van der Waals surface area contributed by atoms with E-state index in [1.54, 1.807) is 30.4 Å². The summed E-state index contributed by atoms with van der Waals surface area (Å²) in [5.41, 5.74) is 9.90. The molecule has 0 spiro atoms. The Morgan fingerprint density at radius 3 is 2.50 bits per heavy atom. The number of benzene rings is 1. The summed E-state index contributed by atoms with van der Waals surface area (Å²) in [6, 6.07) is 6.48. The molecule has 1 aromatic carbocycles. The fourth-order valence-electron chi connectivity index (χ4n) is 1.86. The second-order valence-corrected chi connectivity index (χ2v) is 5.42. The zero-order valence-electron chi connectivity index (χ0n) is 10.6. The molecule has 0 saturated carbocycles. The first kappa shape index (κ1) is 13.1. The van der Waals surface area contributed by atoms with Gasteiger partial charge >= 0.3 is 0 Å². The van der Waals surface area contributed by atoms with Crippen molar-refractivity contribution in [3.63, 3.8) is 0 Å². The van der Waals surface area contributed by atoms with E-state index in [0.29, 0.717) is 0 Å². The van der Waals surface area contributed by atoms with Crippen molar-refractivity contribution in [3.8, 4) is 0 Å². The number of aromatic nitrogens is 2. The molecule has 0 bridgehead atoms. The van der Waals surface area contributed by atoms with Gasteiger partial charge in [-0.2, -0.15) is 0 Å². The average molecular weight is 259 g/mol. The molecule has 0 aliphatic heterocycles. The third-order valence-electron chi connectivity index (χ3n) is 2.62. The quantitative estimate of drug-likeness (QED) is 0.858. The minimum atomic E-state index is 0.0237. The number of hydrogen-bond acceptors (Lipinski definition) is 4. The molecule has 1 heterocycles. The molecule has 1 unspecified atom stereocenters. The lowest BCUT2D eigenvalue weighted by Gasteiger charge is -2.13. The molecule has 2 aromatic rings. The number of hydrogen-bond donors (Lipinski definition) is 1. The summed E-state index contributed by atoms with van der Waals surface area (Å²) in [6.07, 6.45) is 5.14. The van der Waals surface area contributed by atoms with E-state index in [-0.39, 0.29) is 6.04 Å². The molecule has 94 valence electrons. The molecule has 1 aromatic heterocycles. The van der Waals surface area contributed by atoms with E-state index in [1.165, 1.54) is 16.7 Å². The minimum Gasteiger partial charge on any atom is -0.323 e. The fraction of sp³-hybridized carbons (Fsp3) is 0.286. The Morgan fingerprint density at radius 2 is 1.89 bits per heavy atom. The normalized spacial score (nSPS) is 12.4. The van der Waals surface area contributed by atoms with Gasteiger partial charge in [-0.15, -0.1) is 11.8 Å². The summed E-state index contributed by atoms with van der Waals surface area (Å²) in [6.45, 7) is 4.19. The average Bonchev–Trinajstić information content (AvgIpc) is 2.36. The molecular weight excluding hydrogens is 242 g/mol. The summed E-state index contributed by atoms with van der Waals surface area (Å²) < 4.78 is 0. The van der Waals surface area contributed by atoms with Crippen molar-refractivity contribution < 1.29 is 0 Å². The lowest BCUT2D eigenvalue weighted by molar-refractivity contribution is 0.826. The van der Waals surface area contributed by atoms with E-state index in [2.05, 4.69) is 42.0 Å². The van der Waals surface area contributed by atoms with Crippen molar-refractivity contribution in [2.75, 3.05) is 5.75 Å². The van der Waals surface area contributed by atoms with E-state index in [9.17, 15) is 0 Å². The zero-order chi connectivity index (χ0) is 13.0. The van der Waals surface area contributed by atoms with Gasteiger partial charge in [-0.3, -0.25) is 4.98 Å². The molecule has 1 atom stereocenters. The van der Waals surface area contributed by atoms with Crippen molar-refractivity contribution in [3.05, 3.63) is 53.5 Å². The monoisotopic (exact) mass is 259 g/mol. The molecule has 0 fully saturated rings. The zero-order valence-corrected chi connectivity index (χ0v) is 11.4. The van der Waals surface area contributed by atoms with Gasteiger partial charge in [-0.05, 0) is 19.4 Å². The van der Waals surface area contributed by atoms with Crippen LogP contribution < -0.4 is 5.73 Å². The van der Waals surface area contributed by atoms with Crippen LogP contribution in [0.3, 0.4) is 0 Å². The van der Waals surface area contributed by atoms with Crippen LogP contribution in [0, 0.1) is 13.8 Å². The highest BCUT2D eigenvalue weighted by Gasteiger charge is 2.08. The molecule has 18 heavy (non-hydrogen) atoms. The topological polar surface area (TPSA) is 51.8 Å². The SMILES string of the molecule is Cc1cc(C)cc(C(N)CSc2cnccn2)c1. The van der Waals surface area contributed by atoms with Crippen LogP contribution >= 0.6 is 11.8 Å². The Labute approximate surface area is 112 Å². The highest BCUT2D eigenvalue weighted by atomic mass is 32.2. The number of nitrogens with zero attached hydrogens (tertiary/aromatic N) is 2. The Hall–Kier alpha value is -1.39. The van der Waals surface area contributed by atoms with Crippen molar-refractivity contribution >= 4 is 11.8 Å². The molecular formula is C14H17N3S. The van der Waals surface area contributed by atoms with Gasteiger partial charge in [0.15, 0.2) is 0 Å². The van der Waals surface area contributed by atoms with Gasteiger partial charge in [0.1, 0.15) is 5.03 Å². The van der Waals surface area contributed by atoms with Gasteiger partial charge in [0.2, 0.25) is 0 Å². The standard InChI is InChI=1S/C14H17N3S/c1-10-5-11(2)7-12(6-10)13(15)9-18-14-8-16-3-4-17-14/h3-8,13H,9,15H2,1-2H3. The van der Waals surface area contributed by atoms with Gasteiger partial charge in [0, 0.05) is 24.2 Å². The summed E-state index contributed by atoms with van der Waals surface area (Å²) in [7, 11) is 0. The Kier molecular flexibility index (Phi) is 4.33. The maximum atomic E-state index is 6.21. The molecule has 3 nitrogen and oxygen atoms in total. The Morgan fingerprint density at radius 1 is 1.17 bits per heavy atom. The molecule has 4 heteroatoms. The van der Waals surface area contributed by atoms with Crippen molar-refractivity contribution in [1.29, 1.82) is 0 Å². The molecule has 0 radical (unpaired) electrons. The van der Waals surface area contributed by atoms with E-state index < -0.39 is 0 Å². The lowest BCUT2D eigenvalue weighted by atomic mass is 10.0. The molecule has 0 aliphatic rings. The van der Waals surface area contributed by atoms with E-state index >= 15 is 0 Å². The molecule has 0 aliphatic carbocycles. The predicted octanol–water partition coefficient (Wildman–Crippen LogP) is 2.89. The van der Waals surface area contributed by atoms with Crippen molar-refractivity contribution in [2.24, 2.45) is 5.73 Å². The van der Waals surface area contributed by atoms with Gasteiger partial charge in [-0.1, -0.05) is 29.3 Å². The molecule has 0 saturated heterocycles. The van der Waals surface area contributed by atoms with Crippen LogP contribution in [0.1, 0.15) is 22.7 Å². The highest BCUT2D eigenvalue weighted by Crippen LogP contribution is 2.22. The van der Waals surface area contributed by atoms with Gasteiger partial charge in [0.05, 0.1) is 6.20 Å². The van der Waals surface area contributed by atoms with E-state index in [4.69, 9.17) is 5.73 Å². The Balaban J connectivity index is 2.01. The summed E-state index contributed by atoms with van der Waals surface area (Å²) in [5.74, 6) is 0.807. The highest BCUT2D eigenvalue weighted by molar-refractivity contribution is 7.99. The fourth-order valence-corrected chi connectivity index (χ4v) is 2.67. The number of aryl methyl sites for hydroxylation is 2. The summed E-state index contributed by atoms with van der Waals surface area (Å²) in [5, 5.41) is 0.914. The first-order chi connectivity index (χ1) is 8.65. The first-order valence-electron chi connectivity index (χ1n) is 5.88. The third-order valence-corrected chi connectivity index (χ3v) is 3.65. The number of nitrogens with two attached hydrogens (primary N) is 1. The maximum Gasteiger partial charge on any atom is 0.114 e. The minimum absolute atomic E-state index is 0.0237. The molecule has 2 rings (SSSR count). The lowest BCUT2D eigenvalue weighted by Crippen LogP contribution is -2.13. The third kappa shape index (κ3) is 3.55. The van der Waals surface area contributed by atoms with Crippen LogP contribution in [0.25, 0.3) is 0 Å². The molecule has 0 amide bonds. The number of rotatable bonds is 4. The van der Waals surface area contributed by atoms with Crippen LogP contribution in [0.2, 0.25) is 0 Å². The molecule has 2 N–H and O–H groups in total. The largest absolute Gasteiger partial charge is 0.323 e. The van der Waals surface area contributed by atoms with Crippen LogP contribution in [-0.2, 0) is 0 Å². The van der Waals surface area contributed by atoms with E-state index in [0.717, 1.165) is 10.8 Å². The van der Waals surface area contributed by atoms with E-state index in [1.807, 2.05) is 0 Å². The van der Waals surface area contributed by atoms with Gasteiger partial charge < -0.3 is 5.73 Å². The summed E-state index contributed by atoms with van der Waals surface area (Å²) >= 11 is 1.64. The number of thioether (sulfide) groups is 1. The predicted molar refractivity (Wildman–Crippen MR) is 75.6 cm³/mol. The van der Waals surface area contributed by atoms with Crippen LogP contribution in [0.5, 0.6) is 0 Å². The maximum absolute atomic E-state index is 6.21. The van der Waals surface area contributed by atoms with Crippen molar-refractivity contribution in [1.82, 2.24) is 9.97 Å². The second-order valence-electron chi connectivity index (χ2n) is 4.38. The van der Waals surface area contributed by atoms with Crippen LogP contribution in [0.15, 0.2) is 41.8 Å². The second kappa shape index (κ2) is 5.98. The van der Waals surface area contributed by atoms with Crippen LogP contribution in [0.4, 0.5) is 0 Å². The summed E-state index contributed by atoms with van der Waals surface area (Å²) in [4.78, 5) is 8.26. The van der Waals surface area contributed by atoms with Crippen LogP contribution in [-0.4, -0.2) is 15.7 Å². The first-order valence-corrected chi connectivity index (χ1v) is 6.86. The van der Waals surface area contributed by atoms with Gasteiger partial charge in [-0.25, -0.2) is 4.98 Å². The smallest absolute Gasteiger partial charge is 0.114 e. The van der Waals surface area contributed by atoms with Crippen molar-refractivity contribution in [2.45, 2.75) is 24.9 Å².